The largest absolute Gasteiger partial charge is 0.356 e. The summed E-state index contributed by atoms with van der Waals surface area (Å²) < 4.78 is 0. The first-order valence-corrected chi connectivity index (χ1v) is 3.73. The predicted molar refractivity (Wildman–Crippen MR) is 43.8 cm³/mol. The molecule has 0 spiro atoms. The second-order valence-corrected chi connectivity index (χ2v) is 2.69. The number of hydrogen-bond acceptors (Lipinski definition) is 5. The molecular weight excluding hydrogens is 172 g/mol. The molecule has 1 aromatic heterocycles. The minimum absolute atomic E-state index is 0.232. The molecule has 13 heavy (non-hydrogen) atoms. The number of aliphatic hydroxyl groups excluding tert-OH is 1. The Hall–Kier alpha value is -1.69. The lowest BCUT2D eigenvalue weighted by molar-refractivity contribution is 0.0292. The lowest BCUT2D eigenvalue weighted by atomic mass is 10.3. The number of nitrogens with zero attached hydrogens (tertiary/aromatic N) is 3. The molecule has 0 saturated heterocycles. The fraction of sp³-hybridized carbons (Fsp3) is 0.286. The number of carbonyl (C=O) groups is 1. The Bertz CT molecular complexity index is 354. The zero-order valence-corrected chi connectivity index (χ0v) is 6.93. The molecular formula is C7H8N4O2. The molecule has 0 aliphatic carbocycles. The fourth-order valence-electron chi connectivity index (χ4n) is 1.10. The van der Waals surface area contributed by atoms with Crippen LogP contribution >= 0.6 is 0 Å². The molecule has 68 valence electrons. The van der Waals surface area contributed by atoms with Crippen LogP contribution in [0.25, 0.3) is 0 Å². The van der Waals surface area contributed by atoms with Crippen LogP contribution in [0.2, 0.25) is 0 Å². The van der Waals surface area contributed by atoms with Crippen LogP contribution in [0.3, 0.4) is 0 Å². The zero-order valence-electron chi connectivity index (χ0n) is 6.93. The smallest absolute Gasteiger partial charge is 0.279 e. The van der Waals surface area contributed by atoms with E-state index in [2.05, 4.69) is 15.3 Å². The highest BCUT2D eigenvalue weighted by Crippen LogP contribution is 2.17. The van der Waals surface area contributed by atoms with Gasteiger partial charge in [-0.3, -0.25) is 9.69 Å². The van der Waals surface area contributed by atoms with Crippen LogP contribution in [0, 0.1) is 0 Å². The molecule has 1 aromatic rings. The second kappa shape index (κ2) is 2.67. The highest BCUT2D eigenvalue weighted by atomic mass is 16.3. The molecule has 1 atom stereocenters. The molecule has 1 unspecified atom stereocenters. The van der Waals surface area contributed by atoms with Gasteiger partial charge in [-0.25, -0.2) is 9.97 Å². The summed E-state index contributed by atoms with van der Waals surface area (Å²) in [5, 5.41) is 11.9. The van der Waals surface area contributed by atoms with E-state index in [9.17, 15) is 9.90 Å². The van der Waals surface area contributed by atoms with Gasteiger partial charge in [0.25, 0.3) is 5.91 Å². The van der Waals surface area contributed by atoms with E-state index in [0.29, 0.717) is 5.82 Å². The molecule has 0 saturated carbocycles. The van der Waals surface area contributed by atoms with Gasteiger partial charge >= 0.3 is 0 Å². The predicted octanol–water partition coefficient (Wildman–Crippen LogP) is -0.750. The number of aliphatic hydroxyl groups is 1. The molecule has 0 fully saturated rings. The van der Waals surface area contributed by atoms with Gasteiger partial charge in [-0.15, -0.1) is 0 Å². The number of hydrogen-bond donors (Lipinski definition) is 2. The van der Waals surface area contributed by atoms with E-state index in [1.54, 1.807) is 0 Å². The van der Waals surface area contributed by atoms with Crippen LogP contribution in [0.4, 0.5) is 5.82 Å². The van der Waals surface area contributed by atoms with E-state index in [4.69, 9.17) is 0 Å². The van der Waals surface area contributed by atoms with Crippen LogP contribution in [-0.4, -0.2) is 39.3 Å². The van der Waals surface area contributed by atoms with Crippen molar-refractivity contribution in [3.63, 3.8) is 0 Å². The van der Waals surface area contributed by atoms with Gasteiger partial charge in [-0.05, 0) is 0 Å². The summed E-state index contributed by atoms with van der Waals surface area (Å²) in [6.07, 6.45) is 1.86. The second-order valence-electron chi connectivity index (χ2n) is 2.69. The molecule has 1 aliphatic rings. The highest BCUT2D eigenvalue weighted by molar-refractivity contribution is 5.98. The van der Waals surface area contributed by atoms with E-state index >= 15 is 0 Å². The summed E-state index contributed by atoms with van der Waals surface area (Å²) >= 11 is 0. The summed E-state index contributed by atoms with van der Waals surface area (Å²) in [4.78, 5) is 20.3. The Labute approximate surface area is 74.2 Å². The van der Waals surface area contributed by atoms with E-state index in [0.717, 1.165) is 4.90 Å². The molecule has 2 heterocycles. The van der Waals surface area contributed by atoms with Crippen LogP contribution in [0.1, 0.15) is 10.5 Å². The number of aromatic nitrogens is 2. The van der Waals surface area contributed by atoms with Crippen molar-refractivity contribution in [3.05, 3.63) is 18.1 Å². The summed E-state index contributed by atoms with van der Waals surface area (Å²) in [7, 11) is 1.48. The number of fused-ring (bicyclic) bond motifs is 1. The summed E-state index contributed by atoms with van der Waals surface area (Å²) in [6.45, 7) is 0. The van der Waals surface area contributed by atoms with E-state index < -0.39 is 6.35 Å². The van der Waals surface area contributed by atoms with Crippen molar-refractivity contribution in [2.24, 2.45) is 0 Å². The summed E-state index contributed by atoms with van der Waals surface area (Å²) in [6, 6.07) is 0. The summed E-state index contributed by atoms with van der Waals surface area (Å²) in [5.74, 6) is -0.0209. The molecule has 0 radical (unpaired) electrons. The van der Waals surface area contributed by atoms with E-state index in [1.807, 2.05) is 0 Å². The van der Waals surface area contributed by atoms with Crippen LogP contribution in [0.5, 0.6) is 0 Å². The zero-order chi connectivity index (χ0) is 9.42. The number of amides is 1. The Morgan fingerprint density at radius 3 is 3.00 bits per heavy atom. The third-order valence-electron chi connectivity index (χ3n) is 1.85. The van der Waals surface area contributed by atoms with Gasteiger partial charge in [0.1, 0.15) is 0 Å². The Morgan fingerprint density at radius 1 is 1.54 bits per heavy atom. The number of anilines is 1. The summed E-state index contributed by atoms with van der Waals surface area (Å²) in [5.41, 5.74) is 0.232. The van der Waals surface area contributed by atoms with Crippen molar-refractivity contribution < 1.29 is 9.90 Å². The van der Waals surface area contributed by atoms with Crippen molar-refractivity contribution in [2.45, 2.75) is 6.35 Å². The SMILES string of the molecule is CN1C(=O)c2nccnc2NC1O. The van der Waals surface area contributed by atoms with Gasteiger partial charge in [-0.2, -0.15) is 0 Å². The number of rotatable bonds is 0. The molecule has 2 rings (SSSR count). The van der Waals surface area contributed by atoms with Crippen molar-refractivity contribution in [2.75, 3.05) is 12.4 Å². The van der Waals surface area contributed by atoms with E-state index in [1.165, 1.54) is 19.4 Å². The third-order valence-corrected chi connectivity index (χ3v) is 1.85. The Balaban J connectivity index is 2.49. The van der Waals surface area contributed by atoms with Crippen molar-refractivity contribution in [3.8, 4) is 0 Å². The molecule has 2 N–H and O–H groups in total. The monoisotopic (exact) mass is 180 g/mol. The topological polar surface area (TPSA) is 78.4 Å². The molecule has 1 aliphatic heterocycles. The van der Waals surface area contributed by atoms with Crippen molar-refractivity contribution in [1.29, 1.82) is 0 Å². The Morgan fingerprint density at radius 2 is 2.23 bits per heavy atom. The Kier molecular flexibility index (Phi) is 1.63. The first-order chi connectivity index (χ1) is 6.20. The van der Waals surface area contributed by atoms with Crippen LogP contribution in [-0.2, 0) is 0 Å². The van der Waals surface area contributed by atoms with Crippen LogP contribution < -0.4 is 5.32 Å². The standard InChI is InChI=1S/C7H8N4O2/c1-11-6(12)4-5(10-7(11)13)9-3-2-8-4/h2-3,7,13H,1H3,(H,9,10). The van der Waals surface area contributed by atoms with E-state index in [-0.39, 0.29) is 11.6 Å². The van der Waals surface area contributed by atoms with Crippen molar-refractivity contribution >= 4 is 11.7 Å². The van der Waals surface area contributed by atoms with Gasteiger partial charge in [0.05, 0.1) is 0 Å². The maximum absolute atomic E-state index is 11.5. The van der Waals surface area contributed by atoms with Crippen molar-refractivity contribution in [1.82, 2.24) is 14.9 Å². The minimum Gasteiger partial charge on any atom is -0.356 e. The van der Waals surface area contributed by atoms with Crippen LogP contribution in [0.15, 0.2) is 12.4 Å². The first-order valence-electron chi connectivity index (χ1n) is 3.73. The van der Waals surface area contributed by atoms with Gasteiger partial charge in [0.2, 0.25) is 6.35 Å². The number of carbonyl (C=O) groups excluding carboxylic acids is 1. The maximum atomic E-state index is 11.5. The number of nitrogens with one attached hydrogen (secondary N) is 1. The molecule has 0 bridgehead atoms. The minimum atomic E-state index is -1.03. The average molecular weight is 180 g/mol. The molecule has 6 heteroatoms. The van der Waals surface area contributed by atoms with Gasteiger partial charge in [0, 0.05) is 19.4 Å². The quantitative estimate of drug-likeness (QED) is 0.549. The molecule has 6 nitrogen and oxygen atoms in total. The maximum Gasteiger partial charge on any atom is 0.279 e. The molecule has 1 amide bonds. The fourth-order valence-corrected chi connectivity index (χ4v) is 1.10. The first kappa shape index (κ1) is 7.93. The highest BCUT2D eigenvalue weighted by Gasteiger charge is 2.29. The van der Waals surface area contributed by atoms with Gasteiger partial charge in [0.15, 0.2) is 11.5 Å². The third kappa shape index (κ3) is 1.11. The van der Waals surface area contributed by atoms with Gasteiger partial charge in [-0.1, -0.05) is 0 Å². The lowest BCUT2D eigenvalue weighted by Gasteiger charge is -2.29. The lowest BCUT2D eigenvalue weighted by Crippen LogP contribution is -2.46. The molecule has 0 aromatic carbocycles. The average Bonchev–Trinajstić information content (AvgIpc) is 2.15. The van der Waals surface area contributed by atoms with Gasteiger partial charge < -0.3 is 10.4 Å². The normalized spacial score (nSPS) is 20.9.